The van der Waals surface area contributed by atoms with E-state index in [0.29, 0.717) is 6.04 Å². The summed E-state index contributed by atoms with van der Waals surface area (Å²) in [7, 11) is 1.70. The zero-order chi connectivity index (χ0) is 14.8. The van der Waals surface area contributed by atoms with E-state index in [9.17, 15) is 0 Å². The number of rotatable bonds is 5. The van der Waals surface area contributed by atoms with Crippen molar-refractivity contribution in [3.05, 3.63) is 17.3 Å². The molecule has 2 atom stereocenters. The Hall–Kier alpha value is -1.07. The van der Waals surface area contributed by atoms with Crippen molar-refractivity contribution in [1.82, 2.24) is 14.7 Å². The molecule has 2 aromatic rings. The summed E-state index contributed by atoms with van der Waals surface area (Å²) in [6.45, 7) is 5.53. The first-order chi connectivity index (χ1) is 10.2. The first-order valence-corrected chi connectivity index (χ1v) is 8.80. The molecular weight excluding hydrogens is 282 g/mol. The van der Waals surface area contributed by atoms with Gasteiger partial charge in [0.25, 0.3) is 0 Å². The largest absolute Gasteiger partial charge is 0.480 e. The summed E-state index contributed by atoms with van der Waals surface area (Å²) in [5, 5.41) is 5.85. The van der Waals surface area contributed by atoms with Crippen LogP contribution in [0.1, 0.15) is 45.2 Å². The Morgan fingerprint density at radius 1 is 1.43 bits per heavy atom. The average Bonchev–Trinajstić information content (AvgIpc) is 3.06. The summed E-state index contributed by atoms with van der Waals surface area (Å²) >= 11 is 1.65. The lowest BCUT2D eigenvalue weighted by Gasteiger charge is -2.35. The van der Waals surface area contributed by atoms with E-state index in [1.807, 2.05) is 0 Å². The predicted molar refractivity (Wildman–Crippen MR) is 87.0 cm³/mol. The molecule has 3 rings (SSSR count). The molecule has 2 unspecified atom stereocenters. The monoisotopic (exact) mass is 307 g/mol. The lowest BCUT2D eigenvalue weighted by molar-refractivity contribution is 0.203. The van der Waals surface area contributed by atoms with Crippen molar-refractivity contribution in [1.29, 1.82) is 0 Å². The molecule has 1 saturated carbocycles. The first kappa shape index (κ1) is 14.9. The minimum Gasteiger partial charge on any atom is -0.480 e. The molecule has 5 heteroatoms. The van der Waals surface area contributed by atoms with Crippen LogP contribution in [-0.4, -0.2) is 22.5 Å². The van der Waals surface area contributed by atoms with Crippen molar-refractivity contribution in [2.45, 2.75) is 52.1 Å². The second kappa shape index (κ2) is 6.36. The van der Waals surface area contributed by atoms with E-state index in [4.69, 9.17) is 4.74 Å². The summed E-state index contributed by atoms with van der Waals surface area (Å²) in [6.07, 6.45) is 7.45. The van der Waals surface area contributed by atoms with E-state index in [0.717, 1.165) is 34.9 Å². The number of thiazole rings is 1. The molecule has 0 aliphatic heterocycles. The Labute approximate surface area is 130 Å². The number of hydrogen-bond acceptors (Lipinski definition) is 4. The van der Waals surface area contributed by atoms with Crippen molar-refractivity contribution in [3.63, 3.8) is 0 Å². The number of nitrogens with zero attached hydrogens (tertiary/aromatic N) is 2. The highest BCUT2D eigenvalue weighted by Gasteiger charge is 2.27. The summed E-state index contributed by atoms with van der Waals surface area (Å²) < 4.78 is 7.58. The van der Waals surface area contributed by atoms with Gasteiger partial charge in [-0.25, -0.2) is 0 Å². The molecular formula is C16H25N3OS. The number of methoxy groups -OCH3 is 1. The standard InChI is InChI=1S/C16H25N3OS/c1-11(2)12-6-4-5-7-13(12)17-10-14-15(20-3)18-16-19(14)8-9-21-16/h8-9,11-13,17H,4-7,10H2,1-3H3. The minimum absolute atomic E-state index is 0.618. The molecule has 116 valence electrons. The smallest absolute Gasteiger partial charge is 0.237 e. The van der Waals surface area contributed by atoms with E-state index in [1.165, 1.54) is 25.7 Å². The van der Waals surface area contributed by atoms with Crippen molar-refractivity contribution in [3.8, 4) is 5.88 Å². The lowest BCUT2D eigenvalue weighted by atomic mass is 9.78. The van der Waals surface area contributed by atoms with Gasteiger partial charge in [0.05, 0.1) is 7.11 Å². The SMILES string of the molecule is COc1nc2sccn2c1CNC1CCCCC1C(C)C. The maximum atomic E-state index is 5.44. The van der Waals surface area contributed by atoms with Crippen molar-refractivity contribution < 1.29 is 4.74 Å². The van der Waals surface area contributed by atoms with E-state index in [2.05, 4.69) is 40.1 Å². The van der Waals surface area contributed by atoms with Crippen LogP contribution < -0.4 is 10.1 Å². The fourth-order valence-electron chi connectivity index (χ4n) is 3.58. The second-order valence-electron chi connectivity index (χ2n) is 6.30. The molecule has 0 bridgehead atoms. The first-order valence-electron chi connectivity index (χ1n) is 7.92. The van der Waals surface area contributed by atoms with Gasteiger partial charge in [-0.15, -0.1) is 11.3 Å². The van der Waals surface area contributed by atoms with Crippen LogP contribution in [0.15, 0.2) is 11.6 Å². The Kier molecular flexibility index (Phi) is 4.50. The highest BCUT2D eigenvalue weighted by molar-refractivity contribution is 7.15. The fourth-order valence-corrected chi connectivity index (χ4v) is 4.30. The summed E-state index contributed by atoms with van der Waals surface area (Å²) in [6, 6.07) is 0.618. The van der Waals surface area contributed by atoms with Crippen LogP contribution in [0.4, 0.5) is 0 Å². The number of imidazole rings is 1. The quantitative estimate of drug-likeness (QED) is 0.915. The van der Waals surface area contributed by atoms with E-state index in [-0.39, 0.29) is 0 Å². The number of nitrogens with one attached hydrogen (secondary N) is 1. The van der Waals surface area contributed by atoms with Crippen LogP contribution in [0.25, 0.3) is 4.96 Å². The number of ether oxygens (including phenoxy) is 1. The summed E-state index contributed by atoms with van der Waals surface area (Å²) in [4.78, 5) is 5.54. The number of aromatic nitrogens is 2. The number of fused-ring (bicyclic) bond motifs is 1. The van der Waals surface area contributed by atoms with Gasteiger partial charge in [-0.05, 0) is 24.7 Å². The fraction of sp³-hybridized carbons (Fsp3) is 0.688. The Morgan fingerprint density at radius 3 is 3.00 bits per heavy atom. The minimum atomic E-state index is 0.618. The highest BCUT2D eigenvalue weighted by Crippen LogP contribution is 2.31. The molecule has 4 nitrogen and oxygen atoms in total. The van der Waals surface area contributed by atoms with Crippen LogP contribution in [0, 0.1) is 11.8 Å². The molecule has 1 aliphatic rings. The van der Waals surface area contributed by atoms with Gasteiger partial charge in [0.2, 0.25) is 5.88 Å². The van der Waals surface area contributed by atoms with Gasteiger partial charge in [-0.3, -0.25) is 4.40 Å². The van der Waals surface area contributed by atoms with Gasteiger partial charge >= 0.3 is 0 Å². The third kappa shape index (κ3) is 2.94. The van der Waals surface area contributed by atoms with Crippen LogP contribution >= 0.6 is 11.3 Å². The molecule has 1 aliphatic carbocycles. The van der Waals surface area contributed by atoms with E-state index < -0.39 is 0 Å². The summed E-state index contributed by atoms with van der Waals surface area (Å²) in [5.41, 5.74) is 1.14. The molecule has 0 spiro atoms. The molecule has 0 radical (unpaired) electrons. The third-order valence-electron chi connectivity index (χ3n) is 4.73. The van der Waals surface area contributed by atoms with Crippen LogP contribution in [0.2, 0.25) is 0 Å². The van der Waals surface area contributed by atoms with E-state index >= 15 is 0 Å². The molecule has 1 N–H and O–H groups in total. The van der Waals surface area contributed by atoms with Gasteiger partial charge in [-0.2, -0.15) is 4.98 Å². The zero-order valence-electron chi connectivity index (χ0n) is 13.1. The van der Waals surface area contributed by atoms with Gasteiger partial charge < -0.3 is 10.1 Å². The third-order valence-corrected chi connectivity index (χ3v) is 5.48. The normalized spacial score (nSPS) is 23.0. The molecule has 21 heavy (non-hydrogen) atoms. The van der Waals surface area contributed by atoms with Gasteiger partial charge in [0, 0.05) is 24.2 Å². The Bertz CT molecular complexity index is 589. The van der Waals surface area contributed by atoms with Crippen LogP contribution in [0.3, 0.4) is 0 Å². The maximum Gasteiger partial charge on any atom is 0.237 e. The number of hydrogen-bond donors (Lipinski definition) is 1. The van der Waals surface area contributed by atoms with Gasteiger partial charge in [0.1, 0.15) is 5.69 Å². The highest BCUT2D eigenvalue weighted by atomic mass is 32.1. The van der Waals surface area contributed by atoms with Crippen molar-refractivity contribution >= 4 is 16.3 Å². The van der Waals surface area contributed by atoms with Crippen LogP contribution in [-0.2, 0) is 6.54 Å². The average molecular weight is 307 g/mol. The topological polar surface area (TPSA) is 38.6 Å². The maximum absolute atomic E-state index is 5.44. The van der Waals surface area contributed by atoms with Gasteiger partial charge in [-0.1, -0.05) is 26.7 Å². The molecule has 2 aromatic heterocycles. The summed E-state index contributed by atoms with van der Waals surface area (Å²) in [5.74, 6) is 2.29. The van der Waals surface area contributed by atoms with Crippen molar-refractivity contribution in [2.75, 3.05) is 7.11 Å². The second-order valence-corrected chi connectivity index (χ2v) is 7.18. The van der Waals surface area contributed by atoms with E-state index in [1.54, 1.807) is 18.4 Å². The lowest BCUT2D eigenvalue weighted by Crippen LogP contribution is -2.40. The molecule has 0 saturated heterocycles. The Morgan fingerprint density at radius 2 is 2.24 bits per heavy atom. The zero-order valence-corrected chi connectivity index (χ0v) is 13.9. The van der Waals surface area contributed by atoms with Crippen LogP contribution in [0.5, 0.6) is 5.88 Å². The Balaban J connectivity index is 1.74. The predicted octanol–water partition coefficient (Wildman–Crippen LogP) is 3.71. The molecule has 1 fully saturated rings. The van der Waals surface area contributed by atoms with Gasteiger partial charge in [0.15, 0.2) is 4.96 Å². The van der Waals surface area contributed by atoms with Crippen molar-refractivity contribution in [2.24, 2.45) is 11.8 Å². The molecule has 0 amide bonds. The molecule has 0 aromatic carbocycles. The molecule has 2 heterocycles.